The molecule has 1 aliphatic heterocycles. The number of thioether (sulfide) groups is 2. The van der Waals surface area contributed by atoms with Crippen LogP contribution in [-0.2, 0) is 9.54 Å². The molecule has 1 unspecified atom stereocenters. The van der Waals surface area contributed by atoms with Crippen molar-refractivity contribution in [1.29, 1.82) is 0 Å². The van der Waals surface area contributed by atoms with Crippen molar-refractivity contribution < 1.29 is 23.1 Å². The number of allylic oxidation sites excluding steroid dienone is 1. The lowest BCUT2D eigenvalue weighted by Crippen LogP contribution is -2.37. The number of carboxylic acids is 1. The fourth-order valence-corrected chi connectivity index (χ4v) is 6.02. The van der Waals surface area contributed by atoms with Crippen molar-refractivity contribution in [3.05, 3.63) is 67.5 Å². The van der Waals surface area contributed by atoms with Gasteiger partial charge in [-0.25, -0.2) is 0 Å². The predicted molar refractivity (Wildman–Crippen MR) is 117 cm³/mol. The van der Waals surface area contributed by atoms with E-state index in [-0.39, 0.29) is 27.8 Å². The van der Waals surface area contributed by atoms with Crippen molar-refractivity contribution in [3.8, 4) is 0 Å². The molecule has 2 aromatic carbocycles. The number of halogens is 6. The maximum atomic E-state index is 14.2. The zero-order valence-electron chi connectivity index (χ0n) is 14.4. The number of alkyl halides is 3. The van der Waals surface area contributed by atoms with Gasteiger partial charge < -0.3 is 5.11 Å². The summed E-state index contributed by atoms with van der Waals surface area (Å²) in [5, 5.41) is 10.6. The first-order valence-corrected chi connectivity index (χ1v) is 11.5. The van der Waals surface area contributed by atoms with Gasteiger partial charge in [-0.2, -0.15) is 13.2 Å². The molecule has 0 aromatic heterocycles. The van der Waals surface area contributed by atoms with E-state index < -0.39 is 16.9 Å². The van der Waals surface area contributed by atoms with E-state index in [9.17, 15) is 18.0 Å². The second kappa shape index (κ2) is 8.75. The minimum atomic E-state index is -4.53. The molecule has 3 rings (SSSR count). The average Bonchev–Trinajstić information content (AvgIpc) is 3.06. The molecule has 1 N–H and O–H groups in total. The lowest BCUT2D eigenvalue weighted by atomic mass is 9.88. The van der Waals surface area contributed by atoms with Gasteiger partial charge in [0.1, 0.15) is 4.75 Å². The summed E-state index contributed by atoms with van der Waals surface area (Å²) in [6, 6.07) is 9.09. The van der Waals surface area contributed by atoms with E-state index in [1.165, 1.54) is 23.6 Å². The van der Waals surface area contributed by atoms with Crippen LogP contribution < -0.4 is 0 Å². The van der Waals surface area contributed by atoms with Crippen molar-refractivity contribution in [2.45, 2.75) is 22.2 Å². The van der Waals surface area contributed by atoms with Crippen molar-refractivity contribution >= 4 is 74.2 Å². The Labute approximate surface area is 192 Å². The number of carboxylic acid groups (broad SMARTS) is 1. The third kappa shape index (κ3) is 4.93. The Kier molecular flexibility index (Phi) is 6.90. The number of carbonyl (C=O) groups is 1. The highest BCUT2D eigenvalue weighted by atomic mass is 79.9. The number of aliphatic carboxylic acids is 1. The summed E-state index contributed by atoms with van der Waals surface area (Å²) in [5.41, 5.74) is 1.16. The minimum absolute atomic E-state index is 0.00597. The van der Waals surface area contributed by atoms with E-state index in [0.717, 1.165) is 11.8 Å². The molecule has 0 saturated heterocycles. The van der Waals surface area contributed by atoms with Crippen LogP contribution in [0.25, 0.3) is 5.57 Å². The normalized spacial score (nSPS) is 19.3. The SMILES string of the molecule is O=C(O)CSc1ccc(C2=CSC(c3cc(Cl)cc(Cl)c3)(C(F)(F)F)C2)cc1Br. The fraction of sp³-hybridized carbons (Fsp3) is 0.211. The maximum absolute atomic E-state index is 14.2. The molecule has 0 fully saturated rings. The lowest BCUT2D eigenvalue weighted by Gasteiger charge is -2.32. The number of hydrogen-bond acceptors (Lipinski definition) is 3. The van der Waals surface area contributed by atoms with Gasteiger partial charge in [0.25, 0.3) is 0 Å². The summed E-state index contributed by atoms with van der Waals surface area (Å²) in [6.07, 6.45) is -4.80. The molecule has 2 nitrogen and oxygen atoms in total. The summed E-state index contributed by atoms with van der Waals surface area (Å²) >= 11 is 17.1. The van der Waals surface area contributed by atoms with Crippen molar-refractivity contribution in [2.75, 3.05) is 5.75 Å². The van der Waals surface area contributed by atoms with Crippen LogP contribution in [0.1, 0.15) is 17.5 Å². The molecular formula is C19H12BrCl2F3O2S2. The number of benzene rings is 2. The Hall–Kier alpha value is -0.800. The lowest BCUT2D eigenvalue weighted by molar-refractivity contribution is -0.160. The van der Waals surface area contributed by atoms with E-state index in [0.29, 0.717) is 32.3 Å². The number of rotatable bonds is 5. The topological polar surface area (TPSA) is 37.3 Å². The van der Waals surface area contributed by atoms with Gasteiger partial charge in [-0.1, -0.05) is 29.3 Å². The quantitative estimate of drug-likeness (QED) is 0.389. The first-order chi connectivity index (χ1) is 13.5. The van der Waals surface area contributed by atoms with Crippen LogP contribution in [0.2, 0.25) is 10.0 Å². The highest BCUT2D eigenvalue weighted by Gasteiger charge is 2.58. The van der Waals surface area contributed by atoms with Gasteiger partial charge in [0, 0.05) is 25.8 Å². The van der Waals surface area contributed by atoms with Crippen molar-refractivity contribution in [3.63, 3.8) is 0 Å². The van der Waals surface area contributed by atoms with Crippen LogP contribution in [0.15, 0.2) is 51.2 Å². The third-order valence-electron chi connectivity index (χ3n) is 4.28. The van der Waals surface area contributed by atoms with Gasteiger partial charge in [0.15, 0.2) is 0 Å². The molecule has 0 aliphatic carbocycles. The highest BCUT2D eigenvalue weighted by Crippen LogP contribution is 2.60. The van der Waals surface area contributed by atoms with Gasteiger partial charge in [0.05, 0.1) is 5.75 Å². The highest BCUT2D eigenvalue weighted by molar-refractivity contribution is 9.10. The Morgan fingerprint density at radius 1 is 1.21 bits per heavy atom. The Bertz CT molecular complexity index is 978. The van der Waals surface area contributed by atoms with E-state index >= 15 is 0 Å². The van der Waals surface area contributed by atoms with Crippen LogP contribution in [0, 0.1) is 0 Å². The van der Waals surface area contributed by atoms with Crippen molar-refractivity contribution in [1.82, 2.24) is 0 Å². The monoisotopic (exact) mass is 542 g/mol. The second-order valence-electron chi connectivity index (χ2n) is 6.25. The summed E-state index contributed by atoms with van der Waals surface area (Å²) in [4.78, 5) is 11.4. The minimum Gasteiger partial charge on any atom is -0.481 e. The molecule has 29 heavy (non-hydrogen) atoms. The smallest absolute Gasteiger partial charge is 0.407 e. The maximum Gasteiger partial charge on any atom is 0.407 e. The molecule has 2 aromatic rings. The third-order valence-corrected chi connectivity index (χ3v) is 8.11. The molecule has 1 aliphatic rings. The molecule has 0 amide bonds. The van der Waals surface area contributed by atoms with Gasteiger partial charge in [-0.05, 0) is 68.4 Å². The fourth-order valence-electron chi connectivity index (χ4n) is 2.94. The zero-order chi connectivity index (χ0) is 21.4. The van der Waals surface area contributed by atoms with Gasteiger partial charge in [-0.15, -0.1) is 23.5 Å². The van der Waals surface area contributed by atoms with Crippen molar-refractivity contribution in [2.24, 2.45) is 0 Å². The largest absolute Gasteiger partial charge is 0.481 e. The van der Waals surface area contributed by atoms with E-state index in [4.69, 9.17) is 28.3 Å². The molecule has 1 atom stereocenters. The molecule has 0 radical (unpaired) electrons. The van der Waals surface area contributed by atoms with E-state index in [2.05, 4.69) is 15.9 Å². The Balaban J connectivity index is 1.93. The predicted octanol–water partition coefficient (Wildman–Crippen LogP) is 7.87. The van der Waals surface area contributed by atoms with E-state index in [1.807, 2.05) is 0 Å². The first-order valence-electron chi connectivity index (χ1n) is 8.06. The average molecular weight is 544 g/mol. The molecule has 0 spiro atoms. The van der Waals surface area contributed by atoms with Gasteiger partial charge >= 0.3 is 12.1 Å². The molecule has 0 saturated carbocycles. The number of hydrogen-bond donors (Lipinski definition) is 1. The Morgan fingerprint density at radius 2 is 1.86 bits per heavy atom. The molecule has 0 bridgehead atoms. The van der Waals surface area contributed by atoms with Crippen LogP contribution >= 0.6 is 62.7 Å². The standard InChI is InChI=1S/C19H12BrCl2F3O2S2/c20-15-3-10(1-2-16(15)28-9-17(26)27)11-7-18(29-8-11,19(23,24)25)12-4-13(21)6-14(22)5-12/h1-6,8H,7,9H2,(H,26,27). The zero-order valence-corrected chi connectivity index (χ0v) is 19.1. The molecule has 154 valence electrons. The van der Waals surface area contributed by atoms with Gasteiger partial charge in [0.2, 0.25) is 0 Å². The Morgan fingerprint density at radius 3 is 2.41 bits per heavy atom. The summed E-state index contributed by atoms with van der Waals surface area (Å²) in [5.74, 6) is -1.06. The summed E-state index contributed by atoms with van der Waals surface area (Å²) in [6.45, 7) is 0. The molecular weight excluding hydrogens is 532 g/mol. The van der Waals surface area contributed by atoms with Gasteiger partial charge in [-0.3, -0.25) is 4.79 Å². The second-order valence-corrected chi connectivity index (χ2v) is 10.2. The molecule has 1 heterocycles. The van der Waals surface area contributed by atoms with E-state index in [1.54, 1.807) is 18.2 Å². The van der Waals surface area contributed by atoms with Crippen LogP contribution in [-0.4, -0.2) is 23.0 Å². The van der Waals surface area contributed by atoms with Crippen LogP contribution in [0.4, 0.5) is 13.2 Å². The summed E-state index contributed by atoms with van der Waals surface area (Å²) < 4.78 is 40.9. The molecule has 10 heteroatoms. The first kappa shape index (κ1) is 22.9. The van der Waals surface area contributed by atoms with Crippen LogP contribution in [0.5, 0.6) is 0 Å². The van der Waals surface area contributed by atoms with Crippen LogP contribution in [0.3, 0.4) is 0 Å². The summed E-state index contributed by atoms with van der Waals surface area (Å²) in [7, 11) is 0.